The number of pyridine rings is 1. The summed E-state index contributed by atoms with van der Waals surface area (Å²) in [6.45, 7) is 3.11. The van der Waals surface area contributed by atoms with E-state index in [0.717, 1.165) is 30.9 Å². The van der Waals surface area contributed by atoms with Crippen molar-refractivity contribution in [2.24, 2.45) is 5.92 Å². The lowest BCUT2D eigenvalue weighted by Crippen LogP contribution is -2.46. The van der Waals surface area contributed by atoms with E-state index in [9.17, 15) is 4.79 Å². The minimum Gasteiger partial charge on any atom is -0.363 e. The largest absolute Gasteiger partial charge is 0.363 e. The zero-order chi connectivity index (χ0) is 14.5. The molecule has 1 saturated heterocycles. The molecule has 2 rings (SSSR count). The van der Waals surface area contributed by atoms with Gasteiger partial charge in [-0.2, -0.15) is 0 Å². The Hall–Kier alpha value is -1.62. The number of nitrogens with one attached hydrogen (secondary N) is 2. The number of nitrogens with zero attached hydrogens (tertiary/aromatic N) is 2. The lowest BCUT2D eigenvalue weighted by atomic mass is 9.90. The van der Waals surface area contributed by atoms with Crippen LogP contribution in [0.1, 0.15) is 26.2 Å². The summed E-state index contributed by atoms with van der Waals surface area (Å²) in [4.78, 5) is 18.5. The second kappa shape index (κ2) is 6.70. The Morgan fingerprint density at radius 1 is 1.50 bits per heavy atom. The van der Waals surface area contributed by atoms with Gasteiger partial charge in [0.15, 0.2) is 0 Å². The number of rotatable bonds is 4. The fourth-order valence-electron chi connectivity index (χ4n) is 2.52. The maximum absolute atomic E-state index is 12.2. The molecular formula is C15H24N4O. The molecule has 1 aliphatic rings. The molecule has 0 aliphatic carbocycles. The van der Waals surface area contributed by atoms with Crippen molar-refractivity contribution in [1.82, 2.24) is 10.3 Å². The number of hydrogen-bond acceptors (Lipinski definition) is 4. The summed E-state index contributed by atoms with van der Waals surface area (Å²) in [5.74, 6) is 1.58. The van der Waals surface area contributed by atoms with Gasteiger partial charge in [0.2, 0.25) is 5.91 Å². The van der Waals surface area contributed by atoms with Gasteiger partial charge in [0.25, 0.3) is 0 Å². The third-order valence-electron chi connectivity index (χ3n) is 3.88. The van der Waals surface area contributed by atoms with Gasteiger partial charge in [0.05, 0.1) is 17.9 Å². The van der Waals surface area contributed by atoms with Crippen molar-refractivity contribution in [3.63, 3.8) is 0 Å². The van der Waals surface area contributed by atoms with Crippen LogP contribution in [0.2, 0.25) is 0 Å². The van der Waals surface area contributed by atoms with Gasteiger partial charge in [-0.15, -0.1) is 0 Å². The van der Waals surface area contributed by atoms with E-state index in [0.29, 0.717) is 5.92 Å². The van der Waals surface area contributed by atoms with E-state index in [1.165, 1.54) is 6.42 Å². The van der Waals surface area contributed by atoms with E-state index in [4.69, 9.17) is 0 Å². The number of amides is 1. The fraction of sp³-hybridized carbons (Fsp3) is 0.600. The molecule has 110 valence electrons. The average Bonchev–Trinajstić information content (AvgIpc) is 2.47. The molecule has 5 nitrogen and oxygen atoms in total. The Labute approximate surface area is 120 Å². The van der Waals surface area contributed by atoms with Crippen molar-refractivity contribution in [2.75, 3.05) is 30.9 Å². The molecule has 2 atom stereocenters. The van der Waals surface area contributed by atoms with Crippen molar-refractivity contribution in [3.8, 4) is 0 Å². The van der Waals surface area contributed by atoms with Crippen LogP contribution in [0.3, 0.4) is 0 Å². The monoisotopic (exact) mass is 276 g/mol. The summed E-state index contributed by atoms with van der Waals surface area (Å²) in [5, 5.41) is 6.23. The average molecular weight is 276 g/mol. The van der Waals surface area contributed by atoms with Gasteiger partial charge >= 0.3 is 0 Å². The number of anilines is 2. The first-order valence-corrected chi connectivity index (χ1v) is 7.27. The highest BCUT2D eigenvalue weighted by Crippen LogP contribution is 2.20. The third-order valence-corrected chi connectivity index (χ3v) is 3.88. The standard InChI is InChI=1S/C15H24N4O/c1-4-11-7-8-16-13(9-11)15(20)18-12-5-6-14(17-10-12)19(2)3/h5-6,10-11,13,16H,4,7-9H2,1-3H3,(H,18,20). The highest BCUT2D eigenvalue weighted by atomic mass is 16.2. The van der Waals surface area contributed by atoms with Crippen LogP contribution in [0.15, 0.2) is 18.3 Å². The van der Waals surface area contributed by atoms with E-state index in [1.807, 2.05) is 31.1 Å². The molecular weight excluding hydrogens is 252 g/mol. The van der Waals surface area contributed by atoms with Crippen LogP contribution < -0.4 is 15.5 Å². The van der Waals surface area contributed by atoms with Gasteiger partial charge < -0.3 is 15.5 Å². The Bertz CT molecular complexity index is 444. The summed E-state index contributed by atoms with van der Waals surface area (Å²) >= 11 is 0. The highest BCUT2D eigenvalue weighted by molar-refractivity contribution is 5.94. The normalized spacial score (nSPS) is 22.4. The fourth-order valence-corrected chi connectivity index (χ4v) is 2.52. The van der Waals surface area contributed by atoms with Gasteiger partial charge in [0.1, 0.15) is 5.82 Å². The van der Waals surface area contributed by atoms with Gasteiger partial charge in [-0.05, 0) is 37.4 Å². The van der Waals surface area contributed by atoms with E-state index < -0.39 is 0 Å². The van der Waals surface area contributed by atoms with Gasteiger partial charge in [0, 0.05) is 14.1 Å². The maximum atomic E-state index is 12.2. The van der Waals surface area contributed by atoms with Crippen LogP contribution in [0, 0.1) is 5.92 Å². The molecule has 1 aliphatic heterocycles. The Balaban J connectivity index is 1.93. The molecule has 0 spiro atoms. The number of hydrogen-bond donors (Lipinski definition) is 2. The molecule has 1 amide bonds. The lowest BCUT2D eigenvalue weighted by Gasteiger charge is -2.28. The van der Waals surface area contributed by atoms with Crippen LogP contribution in [0.5, 0.6) is 0 Å². The van der Waals surface area contributed by atoms with Crippen LogP contribution in [-0.2, 0) is 4.79 Å². The molecule has 20 heavy (non-hydrogen) atoms. The zero-order valence-corrected chi connectivity index (χ0v) is 12.5. The van der Waals surface area contributed by atoms with E-state index >= 15 is 0 Å². The Morgan fingerprint density at radius 2 is 2.30 bits per heavy atom. The quantitative estimate of drug-likeness (QED) is 0.881. The second-order valence-electron chi connectivity index (χ2n) is 5.59. The summed E-state index contributed by atoms with van der Waals surface area (Å²) in [6, 6.07) is 3.71. The molecule has 5 heteroatoms. The van der Waals surface area contributed by atoms with Crippen molar-refractivity contribution in [3.05, 3.63) is 18.3 Å². The van der Waals surface area contributed by atoms with Crippen molar-refractivity contribution < 1.29 is 4.79 Å². The molecule has 0 saturated carbocycles. The summed E-state index contributed by atoms with van der Waals surface area (Å²) in [7, 11) is 3.88. The molecule has 0 radical (unpaired) electrons. The number of aromatic nitrogens is 1. The molecule has 0 aromatic carbocycles. The van der Waals surface area contributed by atoms with E-state index in [2.05, 4.69) is 22.5 Å². The first-order valence-electron chi connectivity index (χ1n) is 7.27. The predicted molar refractivity (Wildman–Crippen MR) is 82.0 cm³/mol. The SMILES string of the molecule is CCC1CCNC(C(=O)Nc2ccc(N(C)C)nc2)C1. The van der Waals surface area contributed by atoms with Crippen molar-refractivity contribution >= 4 is 17.4 Å². The summed E-state index contributed by atoms with van der Waals surface area (Å²) in [6.07, 6.45) is 4.93. The van der Waals surface area contributed by atoms with Crippen LogP contribution in [0.25, 0.3) is 0 Å². The lowest BCUT2D eigenvalue weighted by molar-refractivity contribution is -0.119. The van der Waals surface area contributed by atoms with Gasteiger partial charge in [-0.3, -0.25) is 4.79 Å². The third kappa shape index (κ3) is 3.70. The van der Waals surface area contributed by atoms with Crippen LogP contribution in [0.4, 0.5) is 11.5 Å². The second-order valence-corrected chi connectivity index (χ2v) is 5.59. The first kappa shape index (κ1) is 14.8. The topological polar surface area (TPSA) is 57.3 Å². The molecule has 2 unspecified atom stereocenters. The summed E-state index contributed by atoms with van der Waals surface area (Å²) < 4.78 is 0. The maximum Gasteiger partial charge on any atom is 0.241 e. The van der Waals surface area contributed by atoms with E-state index in [1.54, 1.807) is 6.20 Å². The predicted octanol–water partition coefficient (Wildman–Crippen LogP) is 1.86. The Kier molecular flexibility index (Phi) is 4.95. The van der Waals surface area contributed by atoms with Crippen LogP contribution in [-0.4, -0.2) is 37.6 Å². The van der Waals surface area contributed by atoms with Crippen molar-refractivity contribution in [1.29, 1.82) is 0 Å². The van der Waals surface area contributed by atoms with Gasteiger partial charge in [-0.1, -0.05) is 13.3 Å². The minimum atomic E-state index is -0.0813. The Morgan fingerprint density at radius 3 is 2.90 bits per heavy atom. The smallest absolute Gasteiger partial charge is 0.241 e. The van der Waals surface area contributed by atoms with Gasteiger partial charge in [-0.25, -0.2) is 4.98 Å². The molecule has 2 heterocycles. The highest BCUT2D eigenvalue weighted by Gasteiger charge is 2.25. The number of carbonyl (C=O) groups is 1. The molecule has 1 aromatic heterocycles. The molecule has 1 fully saturated rings. The van der Waals surface area contributed by atoms with E-state index in [-0.39, 0.29) is 11.9 Å². The first-order chi connectivity index (χ1) is 9.60. The van der Waals surface area contributed by atoms with Crippen molar-refractivity contribution in [2.45, 2.75) is 32.2 Å². The zero-order valence-electron chi connectivity index (χ0n) is 12.5. The summed E-state index contributed by atoms with van der Waals surface area (Å²) in [5.41, 5.74) is 0.751. The minimum absolute atomic E-state index is 0.0440. The molecule has 2 N–H and O–H groups in total. The molecule has 1 aromatic rings. The van der Waals surface area contributed by atoms with Crippen LogP contribution >= 0.6 is 0 Å². The number of piperidine rings is 1. The number of carbonyl (C=O) groups excluding carboxylic acids is 1. The molecule has 0 bridgehead atoms.